The molecule has 0 aliphatic heterocycles. The molecule has 0 fully saturated rings. The van der Waals surface area contributed by atoms with Crippen LogP contribution in [0, 0.1) is 13.8 Å². The summed E-state index contributed by atoms with van der Waals surface area (Å²) in [6.45, 7) is 6.05. The van der Waals surface area contributed by atoms with Crippen molar-refractivity contribution in [1.29, 1.82) is 0 Å². The van der Waals surface area contributed by atoms with Gasteiger partial charge < -0.3 is 4.52 Å². The van der Waals surface area contributed by atoms with Crippen molar-refractivity contribution >= 4 is 10.0 Å². The molecule has 5 nitrogen and oxygen atoms in total. The molecular weight excluding hydrogens is 276 g/mol. The van der Waals surface area contributed by atoms with Gasteiger partial charge in [0.15, 0.2) is 0 Å². The van der Waals surface area contributed by atoms with Gasteiger partial charge in [-0.25, -0.2) is 13.1 Å². The van der Waals surface area contributed by atoms with Gasteiger partial charge in [-0.15, -0.1) is 0 Å². The van der Waals surface area contributed by atoms with E-state index in [2.05, 4.69) is 9.88 Å². The quantitative estimate of drug-likeness (QED) is 0.920. The highest BCUT2D eigenvalue weighted by molar-refractivity contribution is 7.89. The van der Waals surface area contributed by atoms with Crippen LogP contribution in [-0.4, -0.2) is 20.1 Å². The van der Waals surface area contributed by atoms with Crippen LogP contribution in [0.5, 0.6) is 0 Å². The van der Waals surface area contributed by atoms with Crippen LogP contribution in [-0.2, 0) is 10.0 Å². The second kappa shape index (κ2) is 5.76. The fourth-order valence-corrected chi connectivity index (χ4v) is 3.15. The third kappa shape index (κ3) is 2.91. The van der Waals surface area contributed by atoms with Crippen molar-refractivity contribution in [3.8, 4) is 11.1 Å². The van der Waals surface area contributed by atoms with Crippen LogP contribution >= 0.6 is 0 Å². The first-order valence-electron chi connectivity index (χ1n) is 6.48. The van der Waals surface area contributed by atoms with Crippen molar-refractivity contribution in [2.24, 2.45) is 0 Å². The van der Waals surface area contributed by atoms with Gasteiger partial charge >= 0.3 is 0 Å². The van der Waals surface area contributed by atoms with Gasteiger partial charge in [0.05, 0.1) is 10.6 Å². The summed E-state index contributed by atoms with van der Waals surface area (Å²) in [6.07, 6.45) is 0.760. The fraction of sp³-hybridized carbons (Fsp3) is 0.357. The Morgan fingerprint density at radius 2 is 1.85 bits per heavy atom. The van der Waals surface area contributed by atoms with Gasteiger partial charge in [-0.2, -0.15) is 0 Å². The van der Waals surface area contributed by atoms with E-state index in [1.165, 1.54) is 0 Å². The fourth-order valence-electron chi connectivity index (χ4n) is 2.02. The van der Waals surface area contributed by atoms with Gasteiger partial charge in [0.1, 0.15) is 5.76 Å². The molecule has 0 saturated heterocycles. The van der Waals surface area contributed by atoms with Gasteiger partial charge in [0.25, 0.3) is 0 Å². The largest absolute Gasteiger partial charge is 0.361 e. The molecule has 0 radical (unpaired) electrons. The molecule has 0 saturated carbocycles. The van der Waals surface area contributed by atoms with Crippen LogP contribution in [0.25, 0.3) is 11.1 Å². The van der Waals surface area contributed by atoms with E-state index in [0.29, 0.717) is 6.54 Å². The van der Waals surface area contributed by atoms with E-state index in [1.54, 1.807) is 24.3 Å². The molecule has 1 aromatic carbocycles. The smallest absolute Gasteiger partial charge is 0.240 e. The molecule has 6 heteroatoms. The molecule has 2 rings (SSSR count). The Bertz CT molecular complexity index is 668. The molecule has 0 atom stereocenters. The molecule has 108 valence electrons. The van der Waals surface area contributed by atoms with Gasteiger partial charge in [-0.1, -0.05) is 24.2 Å². The Morgan fingerprint density at radius 1 is 1.20 bits per heavy atom. The predicted molar refractivity (Wildman–Crippen MR) is 76.9 cm³/mol. The van der Waals surface area contributed by atoms with Gasteiger partial charge in [0.2, 0.25) is 10.0 Å². The topological polar surface area (TPSA) is 72.2 Å². The van der Waals surface area contributed by atoms with Crippen LogP contribution in [0.3, 0.4) is 0 Å². The van der Waals surface area contributed by atoms with Crippen molar-refractivity contribution < 1.29 is 12.9 Å². The Morgan fingerprint density at radius 3 is 2.35 bits per heavy atom. The van der Waals surface area contributed by atoms with Crippen molar-refractivity contribution in [3.63, 3.8) is 0 Å². The number of nitrogens with zero attached hydrogens (tertiary/aromatic N) is 1. The first kappa shape index (κ1) is 14.7. The number of hydrogen-bond donors (Lipinski definition) is 1. The summed E-state index contributed by atoms with van der Waals surface area (Å²) in [5, 5.41) is 3.90. The minimum absolute atomic E-state index is 0.265. The predicted octanol–water partition coefficient (Wildman–Crippen LogP) is 2.65. The van der Waals surface area contributed by atoms with Crippen LogP contribution in [0.2, 0.25) is 0 Å². The van der Waals surface area contributed by atoms with Crippen LogP contribution in [0.4, 0.5) is 0 Å². The highest BCUT2D eigenvalue weighted by Crippen LogP contribution is 2.27. The van der Waals surface area contributed by atoms with Crippen molar-refractivity contribution in [1.82, 2.24) is 9.88 Å². The van der Waals surface area contributed by atoms with E-state index in [9.17, 15) is 8.42 Å². The Hall–Kier alpha value is -1.66. The highest BCUT2D eigenvalue weighted by atomic mass is 32.2. The molecule has 1 aromatic heterocycles. The lowest BCUT2D eigenvalue weighted by Gasteiger charge is -2.06. The van der Waals surface area contributed by atoms with Crippen molar-refractivity contribution in [2.45, 2.75) is 32.1 Å². The number of aromatic nitrogens is 1. The number of benzene rings is 1. The van der Waals surface area contributed by atoms with Crippen LogP contribution < -0.4 is 4.72 Å². The molecule has 0 unspecified atom stereocenters. The number of nitrogens with one attached hydrogen (secondary N) is 1. The summed E-state index contributed by atoms with van der Waals surface area (Å²) in [4.78, 5) is 0.265. The maximum atomic E-state index is 12.0. The number of aryl methyl sites for hydroxylation is 2. The lowest BCUT2D eigenvalue weighted by atomic mass is 10.0. The minimum atomic E-state index is -3.42. The molecule has 0 amide bonds. The third-order valence-corrected chi connectivity index (χ3v) is 4.51. The zero-order valence-corrected chi connectivity index (χ0v) is 12.6. The van der Waals surface area contributed by atoms with Gasteiger partial charge in [-0.3, -0.25) is 0 Å². The summed E-state index contributed by atoms with van der Waals surface area (Å²) >= 11 is 0. The Labute approximate surface area is 119 Å². The second-order valence-electron chi connectivity index (χ2n) is 4.62. The third-order valence-electron chi connectivity index (χ3n) is 3.03. The van der Waals surface area contributed by atoms with E-state index in [0.717, 1.165) is 29.0 Å². The molecule has 1 N–H and O–H groups in total. The molecule has 0 bridgehead atoms. The molecule has 0 aliphatic carbocycles. The summed E-state index contributed by atoms with van der Waals surface area (Å²) < 4.78 is 31.6. The van der Waals surface area contributed by atoms with Gasteiger partial charge in [-0.05, 0) is 38.0 Å². The highest BCUT2D eigenvalue weighted by Gasteiger charge is 2.15. The average molecular weight is 294 g/mol. The minimum Gasteiger partial charge on any atom is -0.361 e. The Kier molecular flexibility index (Phi) is 4.25. The van der Waals surface area contributed by atoms with Crippen LogP contribution in [0.1, 0.15) is 24.8 Å². The molecular formula is C14H18N2O3S. The maximum Gasteiger partial charge on any atom is 0.240 e. The number of hydrogen-bond acceptors (Lipinski definition) is 4. The van der Waals surface area contributed by atoms with E-state index in [1.807, 2.05) is 20.8 Å². The van der Waals surface area contributed by atoms with Crippen molar-refractivity contribution in [3.05, 3.63) is 35.7 Å². The number of sulfonamides is 1. The van der Waals surface area contributed by atoms with Gasteiger partial charge in [0, 0.05) is 12.1 Å². The molecule has 0 spiro atoms. The molecule has 0 aliphatic rings. The summed E-state index contributed by atoms with van der Waals surface area (Å²) in [6, 6.07) is 6.73. The van der Waals surface area contributed by atoms with E-state index in [4.69, 9.17) is 4.52 Å². The number of rotatable bonds is 5. The standard InChI is InChI=1S/C14H18N2O3S/c1-4-9-15-20(17,18)13-7-5-12(6-8-13)14-10(2)16-19-11(14)3/h5-8,15H,4,9H2,1-3H3. The van der Waals surface area contributed by atoms with Crippen LogP contribution in [0.15, 0.2) is 33.7 Å². The Balaban J connectivity index is 2.32. The average Bonchev–Trinajstić information content (AvgIpc) is 2.76. The molecule has 20 heavy (non-hydrogen) atoms. The molecule has 2 aromatic rings. The monoisotopic (exact) mass is 294 g/mol. The summed E-state index contributed by atoms with van der Waals surface area (Å²) in [5.74, 6) is 0.724. The van der Waals surface area contributed by atoms with E-state index >= 15 is 0 Å². The van der Waals surface area contributed by atoms with E-state index in [-0.39, 0.29) is 4.90 Å². The lowest BCUT2D eigenvalue weighted by molar-refractivity contribution is 0.393. The van der Waals surface area contributed by atoms with E-state index < -0.39 is 10.0 Å². The summed E-state index contributed by atoms with van der Waals surface area (Å²) in [7, 11) is -3.42. The summed E-state index contributed by atoms with van der Waals surface area (Å²) in [5.41, 5.74) is 2.60. The normalized spacial score (nSPS) is 11.8. The van der Waals surface area contributed by atoms with Crippen molar-refractivity contribution in [2.75, 3.05) is 6.54 Å². The second-order valence-corrected chi connectivity index (χ2v) is 6.39. The first-order chi connectivity index (χ1) is 9.45. The SMILES string of the molecule is CCCNS(=O)(=O)c1ccc(-c2c(C)noc2C)cc1. The zero-order valence-electron chi connectivity index (χ0n) is 11.8. The first-order valence-corrected chi connectivity index (χ1v) is 7.97. The lowest BCUT2D eigenvalue weighted by Crippen LogP contribution is -2.24. The molecule has 1 heterocycles. The maximum absolute atomic E-state index is 12.0. The zero-order chi connectivity index (χ0) is 14.8.